The summed E-state index contributed by atoms with van der Waals surface area (Å²) in [5.41, 5.74) is 0.129. The van der Waals surface area contributed by atoms with Gasteiger partial charge in [-0.1, -0.05) is 35.5 Å². The fraction of sp³-hybridized carbons (Fsp3) is 0. The number of benzene rings is 1. The molecular weight excluding hydrogens is 338 g/mol. The van der Waals surface area contributed by atoms with Crippen molar-refractivity contribution in [1.29, 1.82) is 0 Å². The van der Waals surface area contributed by atoms with Crippen molar-refractivity contribution in [3.8, 4) is 0 Å². The summed E-state index contributed by atoms with van der Waals surface area (Å²) < 4.78 is 0.925. The summed E-state index contributed by atoms with van der Waals surface area (Å²) in [4.78, 5) is 16.0. The molecule has 1 heterocycles. The molecule has 0 radical (unpaired) electrons. The minimum Gasteiger partial charge on any atom is -0.478 e. The first-order valence-electron chi connectivity index (χ1n) is 4.89. The molecule has 0 atom stereocenters. The van der Waals surface area contributed by atoms with E-state index in [4.69, 9.17) is 16.7 Å². The molecule has 3 nitrogen and oxygen atoms in total. The molecule has 0 aliphatic rings. The highest BCUT2D eigenvalue weighted by Gasteiger charge is 2.09. The van der Waals surface area contributed by atoms with Gasteiger partial charge in [0.1, 0.15) is 10.2 Å². The molecule has 0 amide bonds. The largest absolute Gasteiger partial charge is 0.478 e. The van der Waals surface area contributed by atoms with Gasteiger partial charge >= 0.3 is 5.97 Å². The molecule has 18 heavy (non-hydrogen) atoms. The van der Waals surface area contributed by atoms with E-state index in [1.807, 2.05) is 24.3 Å². The third kappa shape index (κ3) is 3.25. The van der Waals surface area contributed by atoms with Crippen LogP contribution in [0, 0.1) is 0 Å². The van der Waals surface area contributed by atoms with Crippen LogP contribution in [0.4, 0.5) is 0 Å². The molecule has 0 spiro atoms. The van der Waals surface area contributed by atoms with Crippen LogP contribution in [-0.2, 0) is 0 Å². The number of carboxylic acid groups (broad SMARTS) is 1. The summed E-state index contributed by atoms with van der Waals surface area (Å²) >= 11 is 10.6. The lowest BCUT2D eigenvalue weighted by Gasteiger charge is -2.05. The zero-order chi connectivity index (χ0) is 13.1. The van der Waals surface area contributed by atoms with E-state index < -0.39 is 5.97 Å². The van der Waals surface area contributed by atoms with E-state index in [0.717, 1.165) is 9.37 Å². The maximum atomic E-state index is 10.9. The Kier molecular flexibility index (Phi) is 4.27. The van der Waals surface area contributed by atoms with Gasteiger partial charge in [-0.15, -0.1) is 0 Å². The van der Waals surface area contributed by atoms with Crippen LogP contribution in [0.2, 0.25) is 5.15 Å². The quantitative estimate of drug-likeness (QED) is 0.841. The second-order valence-corrected chi connectivity index (χ2v) is 5.66. The third-order valence-electron chi connectivity index (χ3n) is 2.07. The minimum atomic E-state index is -1.02. The van der Waals surface area contributed by atoms with Gasteiger partial charge in [-0.3, -0.25) is 0 Å². The van der Waals surface area contributed by atoms with Crippen LogP contribution in [0.3, 0.4) is 0 Å². The zero-order valence-electron chi connectivity index (χ0n) is 8.93. The van der Waals surface area contributed by atoms with Gasteiger partial charge < -0.3 is 5.11 Å². The Balaban J connectivity index is 2.35. The molecule has 0 saturated carbocycles. The highest BCUT2D eigenvalue weighted by Crippen LogP contribution is 2.33. The normalized spacial score (nSPS) is 10.3. The van der Waals surface area contributed by atoms with E-state index in [2.05, 4.69) is 20.9 Å². The van der Waals surface area contributed by atoms with Crippen molar-refractivity contribution in [1.82, 2.24) is 4.98 Å². The van der Waals surface area contributed by atoms with Crippen molar-refractivity contribution in [2.45, 2.75) is 9.92 Å². The fourth-order valence-corrected chi connectivity index (χ4v) is 2.94. The molecule has 0 aliphatic carbocycles. The van der Waals surface area contributed by atoms with Crippen LogP contribution < -0.4 is 0 Å². The molecule has 1 N–H and O–H groups in total. The summed E-state index contributed by atoms with van der Waals surface area (Å²) in [7, 11) is 0. The Morgan fingerprint density at radius 1 is 1.33 bits per heavy atom. The van der Waals surface area contributed by atoms with Crippen molar-refractivity contribution in [3.63, 3.8) is 0 Å². The number of pyridine rings is 1. The first kappa shape index (κ1) is 13.4. The molecule has 0 fully saturated rings. The van der Waals surface area contributed by atoms with Gasteiger partial charge in [-0.25, -0.2) is 9.78 Å². The SMILES string of the molecule is O=C(O)c1cc(Cl)nc(Sc2ccccc2Br)c1. The van der Waals surface area contributed by atoms with E-state index in [1.54, 1.807) is 0 Å². The molecule has 1 aromatic heterocycles. The summed E-state index contributed by atoms with van der Waals surface area (Å²) in [5, 5.41) is 9.67. The van der Waals surface area contributed by atoms with Gasteiger partial charge in [-0.05, 0) is 40.2 Å². The Labute approximate surface area is 121 Å². The van der Waals surface area contributed by atoms with E-state index in [1.165, 1.54) is 23.9 Å². The Morgan fingerprint density at radius 2 is 2.06 bits per heavy atom. The number of hydrogen-bond donors (Lipinski definition) is 1. The van der Waals surface area contributed by atoms with Crippen LogP contribution in [0.15, 0.2) is 50.8 Å². The van der Waals surface area contributed by atoms with Crippen LogP contribution in [0.25, 0.3) is 0 Å². The smallest absolute Gasteiger partial charge is 0.335 e. The number of carboxylic acids is 1. The van der Waals surface area contributed by atoms with Crippen molar-refractivity contribution < 1.29 is 9.90 Å². The van der Waals surface area contributed by atoms with Crippen LogP contribution in [0.1, 0.15) is 10.4 Å². The highest BCUT2D eigenvalue weighted by molar-refractivity contribution is 9.10. The van der Waals surface area contributed by atoms with Gasteiger partial charge in [0, 0.05) is 9.37 Å². The molecule has 0 saturated heterocycles. The van der Waals surface area contributed by atoms with E-state index >= 15 is 0 Å². The number of aromatic carboxylic acids is 1. The predicted octanol–water partition coefficient (Wildman–Crippen LogP) is 4.35. The lowest BCUT2D eigenvalue weighted by molar-refractivity contribution is 0.0696. The molecule has 0 bridgehead atoms. The Bertz CT molecular complexity index is 606. The van der Waals surface area contributed by atoms with Crippen LogP contribution in [0.5, 0.6) is 0 Å². The molecule has 6 heteroatoms. The summed E-state index contributed by atoms with van der Waals surface area (Å²) in [6.07, 6.45) is 0. The van der Waals surface area contributed by atoms with Gasteiger partial charge in [0.15, 0.2) is 0 Å². The van der Waals surface area contributed by atoms with Gasteiger partial charge in [0.25, 0.3) is 0 Å². The first-order valence-corrected chi connectivity index (χ1v) is 6.88. The number of halogens is 2. The topological polar surface area (TPSA) is 50.2 Å². The number of carbonyl (C=O) groups is 1. The number of aromatic nitrogens is 1. The standard InChI is InChI=1S/C12H7BrClNO2S/c13-8-3-1-2-4-9(8)18-11-6-7(12(16)17)5-10(14)15-11/h1-6H,(H,16,17). The molecule has 0 aliphatic heterocycles. The van der Waals surface area contributed by atoms with Gasteiger partial charge in [0.05, 0.1) is 5.56 Å². The third-order valence-corrected chi connectivity index (χ3v) is 4.21. The van der Waals surface area contributed by atoms with Crippen molar-refractivity contribution in [3.05, 3.63) is 51.6 Å². The predicted molar refractivity (Wildman–Crippen MR) is 74.5 cm³/mol. The zero-order valence-corrected chi connectivity index (χ0v) is 12.1. The molecule has 1 aromatic carbocycles. The average molecular weight is 345 g/mol. The van der Waals surface area contributed by atoms with Crippen LogP contribution >= 0.6 is 39.3 Å². The maximum Gasteiger partial charge on any atom is 0.335 e. The molecular formula is C12H7BrClNO2S. The molecule has 0 unspecified atom stereocenters. The lowest BCUT2D eigenvalue weighted by atomic mass is 10.3. The lowest BCUT2D eigenvalue weighted by Crippen LogP contribution is -1.97. The highest BCUT2D eigenvalue weighted by atomic mass is 79.9. The fourth-order valence-electron chi connectivity index (χ4n) is 1.29. The number of rotatable bonds is 3. The van der Waals surface area contributed by atoms with E-state index in [9.17, 15) is 4.79 Å². The second kappa shape index (κ2) is 5.73. The Hall–Kier alpha value is -1.04. The van der Waals surface area contributed by atoms with Crippen molar-refractivity contribution >= 4 is 45.3 Å². The monoisotopic (exact) mass is 343 g/mol. The van der Waals surface area contributed by atoms with Gasteiger partial charge in [0.2, 0.25) is 0 Å². The summed E-state index contributed by atoms with van der Waals surface area (Å²) in [6.45, 7) is 0. The minimum absolute atomic E-state index is 0.129. The number of hydrogen-bond acceptors (Lipinski definition) is 3. The number of nitrogens with zero attached hydrogens (tertiary/aromatic N) is 1. The molecule has 2 rings (SSSR count). The molecule has 2 aromatic rings. The molecule has 92 valence electrons. The summed E-state index contributed by atoms with van der Waals surface area (Å²) in [6, 6.07) is 10.5. The second-order valence-electron chi connectivity index (χ2n) is 3.35. The first-order chi connectivity index (χ1) is 8.56. The van der Waals surface area contributed by atoms with Crippen LogP contribution in [-0.4, -0.2) is 16.1 Å². The van der Waals surface area contributed by atoms with Gasteiger partial charge in [-0.2, -0.15) is 0 Å². The van der Waals surface area contributed by atoms with Crippen molar-refractivity contribution in [2.24, 2.45) is 0 Å². The van der Waals surface area contributed by atoms with E-state index in [0.29, 0.717) is 5.03 Å². The van der Waals surface area contributed by atoms with Crippen molar-refractivity contribution in [2.75, 3.05) is 0 Å². The Morgan fingerprint density at radius 3 is 2.72 bits per heavy atom. The summed E-state index contributed by atoms with van der Waals surface area (Å²) in [5.74, 6) is -1.02. The van der Waals surface area contributed by atoms with E-state index in [-0.39, 0.29) is 10.7 Å². The maximum absolute atomic E-state index is 10.9. The average Bonchev–Trinajstić information content (AvgIpc) is 2.31.